The van der Waals surface area contributed by atoms with Crippen molar-refractivity contribution in [3.8, 4) is 0 Å². The highest BCUT2D eigenvalue weighted by molar-refractivity contribution is 7.17. The SMILES string of the molecule is CC(C)Cn1c(=O)c2sccc2n2c(CCCC(=O)N[C@H](C)CCc3ccccc3)nnc12. The molecule has 8 heteroatoms. The van der Waals surface area contributed by atoms with Gasteiger partial charge in [0.25, 0.3) is 5.56 Å². The van der Waals surface area contributed by atoms with Crippen molar-refractivity contribution in [2.45, 2.75) is 65.5 Å². The quantitative estimate of drug-likeness (QED) is 0.380. The smallest absolute Gasteiger partial charge is 0.272 e. The summed E-state index contributed by atoms with van der Waals surface area (Å²) in [5.41, 5.74) is 2.12. The summed E-state index contributed by atoms with van der Waals surface area (Å²) >= 11 is 1.45. The minimum absolute atomic E-state index is 0.0102. The van der Waals surface area contributed by atoms with Crippen LogP contribution in [0.15, 0.2) is 46.6 Å². The molecular weight excluding hydrogens is 434 g/mol. The molecule has 3 heterocycles. The molecule has 0 saturated heterocycles. The summed E-state index contributed by atoms with van der Waals surface area (Å²) in [5.74, 6) is 1.74. The van der Waals surface area contributed by atoms with Crippen LogP contribution in [0.2, 0.25) is 0 Å². The number of thiophene rings is 1. The van der Waals surface area contributed by atoms with Gasteiger partial charge in [0.2, 0.25) is 11.7 Å². The Balaban J connectivity index is 1.39. The number of hydrogen-bond donors (Lipinski definition) is 1. The summed E-state index contributed by atoms with van der Waals surface area (Å²) in [6.45, 7) is 6.81. The number of carbonyl (C=O) groups excluding carboxylic acids is 1. The zero-order valence-electron chi connectivity index (χ0n) is 19.5. The summed E-state index contributed by atoms with van der Waals surface area (Å²) in [5, 5.41) is 13.8. The average Bonchev–Trinajstić information content (AvgIpc) is 3.43. The van der Waals surface area contributed by atoms with E-state index in [0.717, 1.165) is 24.2 Å². The van der Waals surface area contributed by atoms with E-state index in [-0.39, 0.29) is 17.5 Å². The van der Waals surface area contributed by atoms with Gasteiger partial charge in [-0.25, -0.2) is 0 Å². The molecule has 0 aliphatic rings. The molecule has 1 atom stereocenters. The van der Waals surface area contributed by atoms with Crippen molar-refractivity contribution in [2.24, 2.45) is 5.92 Å². The van der Waals surface area contributed by atoms with Crippen molar-refractivity contribution < 1.29 is 4.79 Å². The first kappa shape index (κ1) is 23.2. The van der Waals surface area contributed by atoms with E-state index < -0.39 is 0 Å². The van der Waals surface area contributed by atoms with Gasteiger partial charge in [0.15, 0.2) is 0 Å². The van der Waals surface area contributed by atoms with Crippen molar-refractivity contribution in [3.63, 3.8) is 0 Å². The second kappa shape index (κ2) is 10.3. The zero-order chi connectivity index (χ0) is 23.4. The Bertz CT molecular complexity index is 1290. The molecule has 0 bridgehead atoms. The number of benzene rings is 1. The Morgan fingerprint density at radius 2 is 1.88 bits per heavy atom. The Labute approximate surface area is 197 Å². The van der Waals surface area contributed by atoms with Gasteiger partial charge in [-0.15, -0.1) is 21.5 Å². The maximum Gasteiger partial charge on any atom is 0.272 e. The molecule has 33 heavy (non-hydrogen) atoms. The van der Waals surface area contributed by atoms with Crippen molar-refractivity contribution in [3.05, 3.63) is 63.5 Å². The highest BCUT2D eigenvalue weighted by Gasteiger charge is 2.18. The topological polar surface area (TPSA) is 81.3 Å². The summed E-state index contributed by atoms with van der Waals surface area (Å²) in [7, 11) is 0. The van der Waals surface area contributed by atoms with Crippen LogP contribution >= 0.6 is 11.3 Å². The minimum atomic E-state index is -0.0102. The Morgan fingerprint density at radius 3 is 2.64 bits per heavy atom. The highest BCUT2D eigenvalue weighted by Crippen LogP contribution is 2.21. The summed E-state index contributed by atoms with van der Waals surface area (Å²) in [4.78, 5) is 25.4. The van der Waals surface area contributed by atoms with Gasteiger partial charge in [-0.05, 0) is 49.1 Å². The third kappa shape index (κ3) is 5.33. The van der Waals surface area contributed by atoms with Crippen LogP contribution in [0.5, 0.6) is 0 Å². The van der Waals surface area contributed by atoms with Crippen LogP contribution in [0.4, 0.5) is 0 Å². The van der Waals surface area contributed by atoms with Crippen LogP contribution in [-0.2, 0) is 24.2 Å². The van der Waals surface area contributed by atoms with Gasteiger partial charge in [0, 0.05) is 25.4 Å². The number of fused-ring (bicyclic) bond motifs is 3. The molecule has 7 nitrogen and oxygen atoms in total. The number of aromatic nitrogens is 4. The number of nitrogens with zero attached hydrogens (tertiary/aromatic N) is 4. The third-order valence-electron chi connectivity index (χ3n) is 5.75. The molecule has 0 radical (unpaired) electrons. The summed E-state index contributed by atoms with van der Waals surface area (Å²) < 4.78 is 4.42. The lowest BCUT2D eigenvalue weighted by Crippen LogP contribution is -2.32. The molecule has 0 saturated carbocycles. The van der Waals surface area contributed by atoms with E-state index in [1.165, 1.54) is 16.9 Å². The minimum Gasteiger partial charge on any atom is -0.354 e. The van der Waals surface area contributed by atoms with Crippen molar-refractivity contribution in [1.29, 1.82) is 0 Å². The largest absolute Gasteiger partial charge is 0.354 e. The second-order valence-corrected chi connectivity index (χ2v) is 9.96. The summed E-state index contributed by atoms with van der Waals surface area (Å²) in [6.07, 6.45) is 3.59. The molecule has 0 aliphatic heterocycles. The standard InChI is InChI=1S/C25H31N5O2S/c1-17(2)16-29-24(32)23-20(14-15-33-23)30-21(27-28-25(29)30)10-7-11-22(31)26-18(3)12-13-19-8-5-4-6-9-19/h4-6,8-9,14-15,17-18H,7,10-13,16H2,1-3H3,(H,26,31)/t18-/m1/s1. The zero-order valence-corrected chi connectivity index (χ0v) is 20.3. The van der Waals surface area contributed by atoms with E-state index >= 15 is 0 Å². The van der Waals surface area contributed by atoms with Gasteiger partial charge in [-0.2, -0.15) is 0 Å². The van der Waals surface area contributed by atoms with E-state index in [9.17, 15) is 9.59 Å². The lowest BCUT2D eigenvalue weighted by Gasteiger charge is -2.14. The predicted octanol–water partition coefficient (Wildman–Crippen LogP) is 4.22. The molecule has 4 aromatic rings. The van der Waals surface area contributed by atoms with Crippen LogP contribution in [0.25, 0.3) is 16.0 Å². The highest BCUT2D eigenvalue weighted by atomic mass is 32.1. The predicted molar refractivity (Wildman–Crippen MR) is 133 cm³/mol. The molecule has 0 aliphatic carbocycles. The molecule has 174 valence electrons. The third-order valence-corrected chi connectivity index (χ3v) is 6.64. The molecule has 1 aromatic carbocycles. The van der Waals surface area contributed by atoms with Gasteiger partial charge in [-0.3, -0.25) is 18.6 Å². The van der Waals surface area contributed by atoms with E-state index in [2.05, 4.69) is 41.5 Å². The van der Waals surface area contributed by atoms with E-state index in [1.54, 1.807) is 4.57 Å². The molecule has 0 spiro atoms. The van der Waals surface area contributed by atoms with E-state index in [1.807, 2.05) is 41.0 Å². The lowest BCUT2D eigenvalue weighted by atomic mass is 10.1. The fourth-order valence-electron chi connectivity index (χ4n) is 4.13. The summed E-state index contributed by atoms with van der Waals surface area (Å²) in [6, 6.07) is 12.4. The fourth-order valence-corrected chi connectivity index (χ4v) is 4.95. The molecule has 1 amide bonds. The number of rotatable bonds is 10. The molecule has 1 N–H and O–H groups in total. The maximum absolute atomic E-state index is 12.9. The first-order valence-corrected chi connectivity index (χ1v) is 12.5. The number of aryl methyl sites for hydroxylation is 2. The lowest BCUT2D eigenvalue weighted by molar-refractivity contribution is -0.121. The Hall–Kier alpha value is -3.00. The van der Waals surface area contributed by atoms with E-state index in [4.69, 9.17) is 0 Å². The van der Waals surface area contributed by atoms with Gasteiger partial charge < -0.3 is 5.32 Å². The first-order chi connectivity index (χ1) is 15.9. The van der Waals surface area contributed by atoms with Crippen LogP contribution < -0.4 is 10.9 Å². The average molecular weight is 466 g/mol. The number of hydrogen-bond acceptors (Lipinski definition) is 5. The van der Waals surface area contributed by atoms with Gasteiger partial charge in [-0.1, -0.05) is 44.2 Å². The Kier molecular flexibility index (Phi) is 7.23. The number of nitrogens with one attached hydrogen (secondary N) is 1. The van der Waals surface area contributed by atoms with Gasteiger partial charge in [0.1, 0.15) is 10.5 Å². The van der Waals surface area contributed by atoms with Crippen LogP contribution in [0.3, 0.4) is 0 Å². The maximum atomic E-state index is 12.9. The second-order valence-electron chi connectivity index (χ2n) is 9.04. The molecule has 0 fully saturated rings. The van der Waals surface area contributed by atoms with Crippen LogP contribution in [0.1, 0.15) is 51.4 Å². The van der Waals surface area contributed by atoms with Gasteiger partial charge in [0.05, 0.1) is 5.52 Å². The Morgan fingerprint density at radius 1 is 1.09 bits per heavy atom. The fraction of sp³-hybridized carbons (Fsp3) is 0.440. The monoisotopic (exact) mass is 465 g/mol. The molecule has 3 aromatic heterocycles. The number of carbonyl (C=O) groups is 1. The van der Waals surface area contributed by atoms with Crippen LogP contribution in [0, 0.1) is 5.92 Å². The van der Waals surface area contributed by atoms with Gasteiger partial charge >= 0.3 is 0 Å². The van der Waals surface area contributed by atoms with Crippen molar-refractivity contribution >= 4 is 33.2 Å². The van der Waals surface area contributed by atoms with Crippen molar-refractivity contribution in [2.75, 3.05) is 0 Å². The van der Waals surface area contributed by atoms with Crippen molar-refractivity contribution in [1.82, 2.24) is 24.5 Å². The first-order valence-electron chi connectivity index (χ1n) is 11.6. The number of amides is 1. The van der Waals surface area contributed by atoms with Crippen LogP contribution in [-0.4, -0.2) is 31.1 Å². The van der Waals surface area contributed by atoms with E-state index in [0.29, 0.717) is 42.2 Å². The normalized spacial score (nSPS) is 12.6. The molecule has 4 rings (SSSR count). The molecule has 0 unspecified atom stereocenters. The molecular formula is C25H31N5O2S.